The van der Waals surface area contributed by atoms with Gasteiger partial charge >= 0.3 is 0 Å². The summed E-state index contributed by atoms with van der Waals surface area (Å²) in [6.45, 7) is 0. The molecule has 0 bridgehead atoms. The number of hydrogen-bond donors (Lipinski definition) is 2. The second-order valence-electron chi connectivity index (χ2n) is 5.10. The smallest absolute Gasteiger partial charge is 0.250 e. The highest BCUT2D eigenvalue weighted by Gasteiger charge is 2.16. The number of nitrogens with zero attached hydrogens (tertiary/aromatic N) is 1. The van der Waals surface area contributed by atoms with E-state index in [1.807, 2.05) is 17.5 Å². The predicted molar refractivity (Wildman–Crippen MR) is 105 cm³/mol. The van der Waals surface area contributed by atoms with Crippen LogP contribution in [0, 0.1) is 0 Å². The van der Waals surface area contributed by atoms with Crippen LogP contribution in [0.5, 0.6) is 0 Å². The molecule has 0 aliphatic heterocycles. The highest BCUT2D eigenvalue weighted by molar-refractivity contribution is 7.89. The maximum Gasteiger partial charge on any atom is 0.250 e. The Morgan fingerprint density at radius 3 is 2.44 bits per heavy atom. The topological polar surface area (TPSA) is 78.5 Å². The molecule has 0 aliphatic carbocycles. The van der Waals surface area contributed by atoms with Gasteiger partial charge < -0.3 is 5.32 Å². The van der Waals surface area contributed by atoms with Gasteiger partial charge in [-0.3, -0.25) is 10.1 Å². The third kappa shape index (κ3) is 5.46. The van der Waals surface area contributed by atoms with Gasteiger partial charge in [-0.2, -0.15) is 0 Å². The van der Waals surface area contributed by atoms with Gasteiger partial charge in [-0.25, -0.2) is 12.7 Å². The minimum atomic E-state index is -3.48. The van der Waals surface area contributed by atoms with Gasteiger partial charge in [0.15, 0.2) is 5.11 Å². The first-order valence-corrected chi connectivity index (χ1v) is 9.88. The van der Waals surface area contributed by atoms with Gasteiger partial charge in [-0.15, -0.1) is 11.3 Å². The normalized spacial score (nSPS) is 11.6. The van der Waals surface area contributed by atoms with Gasteiger partial charge in [0.05, 0.1) is 4.90 Å². The molecule has 0 unspecified atom stereocenters. The molecule has 1 aromatic heterocycles. The van der Waals surface area contributed by atoms with Crippen molar-refractivity contribution in [1.29, 1.82) is 0 Å². The van der Waals surface area contributed by atoms with Gasteiger partial charge in [0, 0.05) is 30.7 Å². The number of benzene rings is 1. The summed E-state index contributed by atoms with van der Waals surface area (Å²) < 4.78 is 25.1. The Hall–Kier alpha value is -2.07. The summed E-state index contributed by atoms with van der Waals surface area (Å²) in [6, 6.07) is 9.90. The number of thiophene rings is 1. The summed E-state index contributed by atoms with van der Waals surface area (Å²) in [6.07, 6.45) is 3.09. The number of rotatable bonds is 5. The summed E-state index contributed by atoms with van der Waals surface area (Å²) >= 11 is 6.60. The SMILES string of the molecule is CN(C)S(=O)(=O)c1ccc(NC(=S)NC(=O)/C=C\c2cccs2)cc1. The Morgan fingerprint density at radius 1 is 1.20 bits per heavy atom. The molecule has 6 nitrogen and oxygen atoms in total. The third-order valence-electron chi connectivity index (χ3n) is 3.07. The van der Waals surface area contributed by atoms with Crippen molar-refractivity contribution >= 4 is 56.4 Å². The molecule has 0 saturated heterocycles. The fourth-order valence-corrected chi connectivity index (χ4v) is 3.52. The molecule has 9 heteroatoms. The summed E-state index contributed by atoms with van der Waals surface area (Å²) in [5, 5.41) is 7.41. The Morgan fingerprint density at radius 2 is 1.88 bits per heavy atom. The average molecular weight is 396 g/mol. The standard InChI is InChI=1S/C16H17N3O3S3/c1-19(2)25(21,22)14-8-5-12(6-9-14)17-16(23)18-15(20)10-7-13-4-3-11-24-13/h3-11H,1-2H3,(H2,17,18,20,23)/b10-7-. The van der Waals surface area contributed by atoms with Crippen LogP contribution in [0.25, 0.3) is 6.08 Å². The molecule has 2 aromatic rings. The van der Waals surface area contributed by atoms with E-state index in [2.05, 4.69) is 10.6 Å². The van der Waals surface area contributed by atoms with E-state index in [1.54, 1.807) is 18.2 Å². The number of amides is 1. The number of carbonyl (C=O) groups is 1. The molecule has 0 spiro atoms. The second kappa shape index (κ2) is 8.34. The van der Waals surface area contributed by atoms with Crippen molar-refractivity contribution in [2.45, 2.75) is 4.90 Å². The van der Waals surface area contributed by atoms with E-state index in [-0.39, 0.29) is 15.9 Å². The molecule has 1 heterocycles. The van der Waals surface area contributed by atoms with Gasteiger partial charge in [-0.1, -0.05) is 6.07 Å². The first-order valence-electron chi connectivity index (χ1n) is 7.15. The second-order valence-corrected chi connectivity index (χ2v) is 8.64. The highest BCUT2D eigenvalue weighted by Crippen LogP contribution is 2.16. The predicted octanol–water partition coefficient (Wildman–Crippen LogP) is 2.52. The van der Waals surface area contributed by atoms with Crippen molar-refractivity contribution in [2.24, 2.45) is 0 Å². The molecule has 132 valence electrons. The lowest BCUT2D eigenvalue weighted by Gasteiger charge is -2.12. The number of anilines is 1. The summed E-state index contributed by atoms with van der Waals surface area (Å²) in [5.41, 5.74) is 0.574. The molecule has 1 aromatic carbocycles. The molecule has 0 radical (unpaired) electrons. The minimum Gasteiger partial charge on any atom is -0.332 e. The Labute approximate surface area is 156 Å². The first-order chi connectivity index (χ1) is 11.8. The lowest BCUT2D eigenvalue weighted by molar-refractivity contribution is -0.115. The quantitative estimate of drug-likeness (QED) is 0.601. The van der Waals surface area contributed by atoms with Crippen LogP contribution < -0.4 is 10.6 Å². The zero-order valence-electron chi connectivity index (χ0n) is 13.6. The van der Waals surface area contributed by atoms with Crippen molar-refractivity contribution < 1.29 is 13.2 Å². The molecule has 2 rings (SSSR count). The van der Waals surface area contributed by atoms with Crippen LogP contribution in [0.3, 0.4) is 0 Å². The van der Waals surface area contributed by atoms with Crippen molar-refractivity contribution in [3.05, 3.63) is 52.7 Å². The zero-order chi connectivity index (χ0) is 18.4. The summed E-state index contributed by atoms with van der Waals surface area (Å²) in [7, 11) is -0.539. The summed E-state index contributed by atoms with van der Waals surface area (Å²) in [4.78, 5) is 12.9. The monoisotopic (exact) mass is 395 g/mol. The molecule has 25 heavy (non-hydrogen) atoms. The summed E-state index contributed by atoms with van der Waals surface area (Å²) in [5.74, 6) is -0.349. The Balaban J connectivity index is 1.93. The molecule has 0 fully saturated rings. The molecule has 0 aliphatic rings. The number of thiocarbonyl (C=S) groups is 1. The highest BCUT2D eigenvalue weighted by atomic mass is 32.2. The largest absolute Gasteiger partial charge is 0.332 e. The van der Waals surface area contributed by atoms with Crippen LogP contribution in [0.2, 0.25) is 0 Å². The Kier molecular flexibility index (Phi) is 6.43. The van der Waals surface area contributed by atoms with Crippen LogP contribution in [0.4, 0.5) is 5.69 Å². The van der Waals surface area contributed by atoms with Crippen LogP contribution >= 0.6 is 23.6 Å². The maximum atomic E-state index is 12.0. The number of carbonyl (C=O) groups excluding carboxylic acids is 1. The minimum absolute atomic E-state index is 0.129. The molecule has 0 saturated carbocycles. The van der Waals surface area contributed by atoms with E-state index < -0.39 is 10.0 Å². The van der Waals surface area contributed by atoms with E-state index >= 15 is 0 Å². The van der Waals surface area contributed by atoms with E-state index in [0.717, 1.165) is 9.18 Å². The van der Waals surface area contributed by atoms with Crippen molar-refractivity contribution in [1.82, 2.24) is 9.62 Å². The van der Waals surface area contributed by atoms with Gasteiger partial charge in [0.2, 0.25) is 15.9 Å². The number of hydrogen-bond acceptors (Lipinski definition) is 5. The molecular formula is C16H17N3O3S3. The van der Waals surface area contributed by atoms with Crippen molar-refractivity contribution in [2.75, 3.05) is 19.4 Å². The lowest BCUT2D eigenvalue weighted by Crippen LogP contribution is -2.32. The zero-order valence-corrected chi connectivity index (χ0v) is 16.0. The van der Waals surface area contributed by atoms with E-state index in [1.165, 1.54) is 43.6 Å². The van der Waals surface area contributed by atoms with Gasteiger partial charge in [0.25, 0.3) is 0 Å². The maximum absolute atomic E-state index is 12.0. The molecule has 2 N–H and O–H groups in total. The molecule has 0 atom stereocenters. The van der Waals surface area contributed by atoms with Crippen LogP contribution in [-0.4, -0.2) is 37.8 Å². The lowest BCUT2D eigenvalue weighted by atomic mass is 10.3. The Bertz CT molecular complexity index is 871. The van der Waals surface area contributed by atoms with Crippen LogP contribution in [0.15, 0.2) is 52.7 Å². The molecule has 1 amide bonds. The average Bonchev–Trinajstić information content (AvgIpc) is 3.06. The fourth-order valence-electron chi connectivity index (χ4n) is 1.78. The third-order valence-corrected chi connectivity index (χ3v) is 5.94. The van der Waals surface area contributed by atoms with E-state index in [0.29, 0.717) is 5.69 Å². The van der Waals surface area contributed by atoms with E-state index in [4.69, 9.17) is 12.2 Å². The van der Waals surface area contributed by atoms with Crippen molar-refractivity contribution in [3.63, 3.8) is 0 Å². The van der Waals surface area contributed by atoms with Crippen LogP contribution in [-0.2, 0) is 14.8 Å². The number of sulfonamides is 1. The van der Waals surface area contributed by atoms with Gasteiger partial charge in [-0.05, 0) is 54.0 Å². The fraction of sp³-hybridized carbons (Fsp3) is 0.125. The molecular weight excluding hydrogens is 378 g/mol. The van der Waals surface area contributed by atoms with Crippen LogP contribution in [0.1, 0.15) is 4.88 Å². The first kappa shape index (κ1) is 19.3. The van der Waals surface area contributed by atoms with Crippen molar-refractivity contribution in [3.8, 4) is 0 Å². The number of nitrogens with one attached hydrogen (secondary N) is 2. The van der Waals surface area contributed by atoms with E-state index in [9.17, 15) is 13.2 Å². The van der Waals surface area contributed by atoms with Gasteiger partial charge in [0.1, 0.15) is 0 Å².